The molecular formula is C24H20N2O2S. The van der Waals surface area contributed by atoms with Crippen LogP contribution in [0.15, 0.2) is 76.5 Å². The molecule has 0 fully saturated rings. The highest BCUT2D eigenvalue weighted by Crippen LogP contribution is 2.39. The number of anilines is 2. The Morgan fingerprint density at radius 3 is 2.41 bits per heavy atom. The number of hydrogen-bond donors (Lipinski definition) is 2. The van der Waals surface area contributed by atoms with E-state index in [9.17, 15) is 9.59 Å². The van der Waals surface area contributed by atoms with E-state index in [1.807, 2.05) is 74.5 Å². The average Bonchev–Trinajstić information content (AvgIpc) is 2.72. The lowest BCUT2D eigenvalue weighted by molar-refractivity contribution is -0.112. The lowest BCUT2D eigenvalue weighted by Gasteiger charge is -2.19. The zero-order valence-electron chi connectivity index (χ0n) is 16.2. The van der Waals surface area contributed by atoms with Crippen LogP contribution in [-0.2, 0) is 4.79 Å². The molecule has 3 aromatic rings. The lowest BCUT2D eigenvalue weighted by atomic mass is 10.1. The summed E-state index contributed by atoms with van der Waals surface area (Å²) in [4.78, 5) is 26.8. The maximum absolute atomic E-state index is 12.7. The molecule has 1 heterocycles. The van der Waals surface area contributed by atoms with E-state index in [0.29, 0.717) is 16.2 Å². The third-order valence-corrected chi connectivity index (χ3v) is 5.85. The van der Waals surface area contributed by atoms with Crippen molar-refractivity contribution in [2.24, 2.45) is 0 Å². The molecule has 0 unspecified atom stereocenters. The van der Waals surface area contributed by atoms with Gasteiger partial charge in [0.15, 0.2) is 0 Å². The summed E-state index contributed by atoms with van der Waals surface area (Å²) in [6, 6.07) is 21.0. The highest BCUT2D eigenvalue weighted by atomic mass is 32.2. The zero-order valence-corrected chi connectivity index (χ0v) is 17.0. The van der Waals surface area contributed by atoms with Gasteiger partial charge >= 0.3 is 0 Å². The molecule has 0 saturated heterocycles. The monoisotopic (exact) mass is 400 g/mol. The second-order valence-electron chi connectivity index (χ2n) is 6.91. The van der Waals surface area contributed by atoms with Crippen LogP contribution in [-0.4, -0.2) is 11.8 Å². The van der Waals surface area contributed by atoms with Crippen molar-refractivity contribution < 1.29 is 9.59 Å². The van der Waals surface area contributed by atoms with Crippen LogP contribution in [0.4, 0.5) is 11.4 Å². The minimum Gasteiger partial charge on any atom is -0.322 e. The highest BCUT2D eigenvalue weighted by Gasteiger charge is 2.22. The fourth-order valence-electron chi connectivity index (χ4n) is 3.20. The molecular weight excluding hydrogens is 380 g/mol. The Balaban J connectivity index is 1.57. The largest absolute Gasteiger partial charge is 0.322 e. The van der Waals surface area contributed by atoms with Gasteiger partial charge in [0, 0.05) is 16.1 Å². The number of hydrogen-bond acceptors (Lipinski definition) is 3. The summed E-state index contributed by atoms with van der Waals surface area (Å²) in [5, 5.41) is 5.89. The first-order chi connectivity index (χ1) is 14.0. The molecule has 1 aliphatic rings. The van der Waals surface area contributed by atoms with Crippen LogP contribution in [0.25, 0.3) is 6.08 Å². The summed E-state index contributed by atoms with van der Waals surface area (Å²) < 4.78 is 0. The first-order valence-electron chi connectivity index (χ1n) is 9.29. The number of benzene rings is 3. The molecule has 29 heavy (non-hydrogen) atoms. The summed E-state index contributed by atoms with van der Waals surface area (Å²) in [6.45, 7) is 3.93. The quantitative estimate of drug-likeness (QED) is 0.559. The SMILES string of the molecule is Cc1cccc(C)c1NC(=O)c1ccc2c(c1)NC(=O)C(=Cc1ccccc1)S2. The van der Waals surface area contributed by atoms with Gasteiger partial charge in [-0.2, -0.15) is 0 Å². The summed E-state index contributed by atoms with van der Waals surface area (Å²) in [5.41, 5.74) is 4.97. The van der Waals surface area contributed by atoms with E-state index in [1.165, 1.54) is 11.8 Å². The molecule has 0 aliphatic carbocycles. The van der Waals surface area contributed by atoms with Crippen molar-refractivity contribution >= 4 is 41.0 Å². The molecule has 144 valence electrons. The number of fused-ring (bicyclic) bond motifs is 1. The van der Waals surface area contributed by atoms with E-state index in [0.717, 1.165) is 27.3 Å². The van der Waals surface area contributed by atoms with E-state index in [2.05, 4.69) is 10.6 Å². The topological polar surface area (TPSA) is 58.2 Å². The van der Waals surface area contributed by atoms with Gasteiger partial charge in [-0.15, -0.1) is 0 Å². The number of amides is 2. The molecule has 2 amide bonds. The second-order valence-corrected chi connectivity index (χ2v) is 7.99. The number of carbonyl (C=O) groups excluding carboxylic acids is 2. The van der Waals surface area contributed by atoms with Gasteiger partial charge in [0.2, 0.25) is 0 Å². The normalized spacial score (nSPS) is 14.3. The molecule has 3 aromatic carbocycles. The first-order valence-corrected chi connectivity index (χ1v) is 10.1. The van der Waals surface area contributed by atoms with Crippen molar-refractivity contribution in [2.75, 3.05) is 10.6 Å². The van der Waals surface area contributed by atoms with Crippen molar-refractivity contribution in [1.82, 2.24) is 0 Å². The number of nitrogens with one attached hydrogen (secondary N) is 2. The molecule has 0 radical (unpaired) electrons. The standard InChI is InChI=1S/C24H20N2O2S/c1-15-7-6-8-16(2)22(15)26-23(27)18-11-12-20-19(14-18)25-24(28)21(29-20)13-17-9-4-3-5-10-17/h3-14H,1-2H3,(H,25,28)(H,26,27). The van der Waals surface area contributed by atoms with Crippen LogP contribution in [0.2, 0.25) is 0 Å². The predicted octanol–water partition coefficient (Wildman–Crippen LogP) is 5.64. The molecule has 0 saturated carbocycles. The summed E-state index contributed by atoms with van der Waals surface area (Å²) in [5.74, 6) is -0.367. The summed E-state index contributed by atoms with van der Waals surface area (Å²) in [7, 11) is 0. The fourth-order valence-corrected chi connectivity index (χ4v) is 4.13. The van der Waals surface area contributed by atoms with Gasteiger partial charge < -0.3 is 10.6 Å². The third kappa shape index (κ3) is 4.10. The van der Waals surface area contributed by atoms with Crippen LogP contribution < -0.4 is 10.6 Å². The smallest absolute Gasteiger partial charge is 0.262 e. The Kier molecular flexibility index (Phi) is 5.23. The molecule has 4 nitrogen and oxygen atoms in total. The molecule has 0 spiro atoms. The minimum atomic E-state index is -0.199. The molecule has 0 bridgehead atoms. The van der Waals surface area contributed by atoms with Gasteiger partial charge in [-0.05, 0) is 54.8 Å². The van der Waals surface area contributed by atoms with E-state index in [-0.39, 0.29) is 11.8 Å². The Hall–Kier alpha value is -3.31. The second kappa shape index (κ2) is 7.97. The van der Waals surface area contributed by atoms with Gasteiger partial charge in [-0.3, -0.25) is 9.59 Å². The van der Waals surface area contributed by atoms with Gasteiger partial charge in [-0.25, -0.2) is 0 Å². The van der Waals surface area contributed by atoms with Crippen molar-refractivity contribution in [3.8, 4) is 0 Å². The third-order valence-electron chi connectivity index (χ3n) is 4.75. The maximum Gasteiger partial charge on any atom is 0.262 e. The Morgan fingerprint density at radius 1 is 0.966 bits per heavy atom. The molecule has 0 aromatic heterocycles. The lowest BCUT2D eigenvalue weighted by Crippen LogP contribution is -2.19. The van der Waals surface area contributed by atoms with E-state index >= 15 is 0 Å². The van der Waals surface area contributed by atoms with Crippen LogP contribution in [0.5, 0.6) is 0 Å². The van der Waals surface area contributed by atoms with Gasteiger partial charge in [0.25, 0.3) is 11.8 Å². The summed E-state index contributed by atoms with van der Waals surface area (Å²) >= 11 is 1.41. The van der Waals surface area contributed by atoms with Crippen molar-refractivity contribution in [1.29, 1.82) is 0 Å². The molecule has 2 N–H and O–H groups in total. The average molecular weight is 401 g/mol. The van der Waals surface area contributed by atoms with Crippen LogP contribution in [0, 0.1) is 13.8 Å². The Bertz CT molecular complexity index is 1120. The van der Waals surface area contributed by atoms with Crippen LogP contribution in [0.1, 0.15) is 27.0 Å². The predicted molar refractivity (Wildman–Crippen MR) is 119 cm³/mol. The van der Waals surface area contributed by atoms with Gasteiger partial charge in [-0.1, -0.05) is 60.3 Å². The Labute approximate surface area is 174 Å². The van der Waals surface area contributed by atoms with Gasteiger partial charge in [0.05, 0.1) is 10.6 Å². The molecule has 5 heteroatoms. The molecule has 0 atom stereocenters. The molecule has 1 aliphatic heterocycles. The minimum absolute atomic E-state index is 0.168. The summed E-state index contributed by atoms with van der Waals surface area (Å²) in [6.07, 6.45) is 1.87. The number of para-hydroxylation sites is 1. The van der Waals surface area contributed by atoms with Crippen LogP contribution in [0.3, 0.4) is 0 Å². The highest BCUT2D eigenvalue weighted by molar-refractivity contribution is 8.04. The number of carbonyl (C=O) groups is 2. The van der Waals surface area contributed by atoms with Crippen LogP contribution >= 0.6 is 11.8 Å². The van der Waals surface area contributed by atoms with E-state index in [1.54, 1.807) is 12.1 Å². The Morgan fingerprint density at radius 2 is 1.69 bits per heavy atom. The number of aryl methyl sites for hydroxylation is 2. The molecule has 4 rings (SSSR count). The number of rotatable bonds is 3. The van der Waals surface area contributed by atoms with Crippen molar-refractivity contribution in [2.45, 2.75) is 18.7 Å². The van der Waals surface area contributed by atoms with Crippen molar-refractivity contribution in [3.63, 3.8) is 0 Å². The van der Waals surface area contributed by atoms with E-state index in [4.69, 9.17) is 0 Å². The fraction of sp³-hybridized carbons (Fsp3) is 0.0833. The zero-order chi connectivity index (χ0) is 20.4. The number of thioether (sulfide) groups is 1. The van der Waals surface area contributed by atoms with E-state index < -0.39 is 0 Å². The first kappa shape index (κ1) is 19.0. The van der Waals surface area contributed by atoms with Gasteiger partial charge in [0.1, 0.15) is 0 Å². The van der Waals surface area contributed by atoms with Crippen molar-refractivity contribution in [3.05, 3.63) is 93.9 Å². The maximum atomic E-state index is 12.7.